The van der Waals surface area contributed by atoms with Gasteiger partial charge in [-0.25, -0.2) is 9.67 Å². The van der Waals surface area contributed by atoms with Crippen LogP contribution in [0.1, 0.15) is 11.4 Å². The second-order valence-corrected chi connectivity index (χ2v) is 7.94. The van der Waals surface area contributed by atoms with Gasteiger partial charge in [0.2, 0.25) is 0 Å². The molecule has 0 atom stereocenters. The van der Waals surface area contributed by atoms with E-state index in [2.05, 4.69) is 6.07 Å². The van der Waals surface area contributed by atoms with E-state index >= 15 is 0 Å². The zero-order valence-electron chi connectivity index (χ0n) is 19.6. The van der Waals surface area contributed by atoms with Crippen molar-refractivity contribution in [2.24, 2.45) is 7.05 Å². The van der Waals surface area contributed by atoms with Gasteiger partial charge in [-0.1, -0.05) is 30.3 Å². The standard InChI is InChI=1S/C28H23N5O2/c1-32-24-12-8-7-11-23(24)30-28(32)20(17-29)15-21-18-33(22-9-5-4-6-10-22)31-27(21)19-13-14-25(34-2)26(16-19)35-3/h4-16,18H,1-3H3/b20-15-. The number of para-hydroxylation sites is 3. The molecule has 7 heteroatoms. The molecule has 0 aliphatic carbocycles. The van der Waals surface area contributed by atoms with E-state index in [-0.39, 0.29) is 0 Å². The number of rotatable bonds is 6. The maximum atomic E-state index is 10.1. The van der Waals surface area contributed by atoms with Gasteiger partial charge in [-0.05, 0) is 48.5 Å². The first kappa shape index (κ1) is 22.0. The Balaban J connectivity index is 1.70. The number of ether oxygens (including phenoxy) is 2. The third kappa shape index (κ3) is 4.02. The van der Waals surface area contributed by atoms with Gasteiger partial charge in [-0.15, -0.1) is 0 Å². The number of hydrogen-bond acceptors (Lipinski definition) is 5. The summed E-state index contributed by atoms with van der Waals surface area (Å²) in [7, 11) is 5.12. The van der Waals surface area contributed by atoms with Crippen molar-refractivity contribution in [2.45, 2.75) is 0 Å². The molecule has 172 valence electrons. The minimum atomic E-state index is 0.443. The number of nitrogens with zero attached hydrogens (tertiary/aromatic N) is 5. The number of allylic oxidation sites excluding steroid dienone is 1. The van der Waals surface area contributed by atoms with Gasteiger partial charge in [0.25, 0.3) is 0 Å². The summed E-state index contributed by atoms with van der Waals surface area (Å²) in [6, 6.07) is 25.7. The molecule has 0 saturated heterocycles. The Bertz CT molecular complexity index is 1590. The molecule has 3 aromatic carbocycles. The predicted molar refractivity (Wildman–Crippen MR) is 136 cm³/mol. The molecule has 0 unspecified atom stereocenters. The van der Waals surface area contributed by atoms with Crippen LogP contribution in [-0.2, 0) is 7.05 Å². The van der Waals surface area contributed by atoms with Crippen molar-refractivity contribution in [2.75, 3.05) is 14.2 Å². The summed E-state index contributed by atoms with van der Waals surface area (Å²) in [4.78, 5) is 4.71. The monoisotopic (exact) mass is 461 g/mol. The lowest BCUT2D eigenvalue weighted by Crippen LogP contribution is -1.96. The van der Waals surface area contributed by atoms with E-state index < -0.39 is 0 Å². The maximum absolute atomic E-state index is 10.1. The summed E-state index contributed by atoms with van der Waals surface area (Å²) in [5.41, 5.74) is 5.49. The van der Waals surface area contributed by atoms with E-state index in [1.54, 1.807) is 14.2 Å². The van der Waals surface area contributed by atoms with E-state index in [9.17, 15) is 5.26 Å². The Morgan fingerprint density at radius 1 is 0.943 bits per heavy atom. The Hall–Kier alpha value is -4.83. The Kier molecular flexibility index (Phi) is 5.78. The maximum Gasteiger partial charge on any atom is 0.161 e. The average molecular weight is 462 g/mol. The first-order valence-corrected chi connectivity index (χ1v) is 11.0. The van der Waals surface area contributed by atoms with Crippen molar-refractivity contribution in [1.29, 1.82) is 5.26 Å². The average Bonchev–Trinajstić information content (AvgIpc) is 3.48. The van der Waals surface area contributed by atoms with Crippen LogP contribution in [0.3, 0.4) is 0 Å². The van der Waals surface area contributed by atoms with Crippen LogP contribution in [0.2, 0.25) is 0 Å². The first-order chi connectivity index (χ1) is 17.1. The molecule has 0 amide bonds. The lowest BCUT2D eigenvalue weighted by Gasteiger charge is -2.09. The number of fused-ring (bicyclic) bond motifs is 1. The molecule has 0 bridgehead atoms. The highest BCUT2D eigenvalue weighted by Crippen LogP contribution is 2.34. The van der Waals surface area contributed by atoms with Crippen LogP contribution in [0.5, 0.6) is 11.5 Å². The molecule has 2 heterocycles. The number of aryl methyl sites for hydroxylation is 1. The Labute approximate surface area is 203 Å². The topological polar surface area (TPSA) is 77.9 Å². The van der Waals surface area contributed by atoms with Gasteiger partial charge >= 0.3 is 0 Å². The van der Waals surface area contributed by atoms with E-state index in [0.717, 1.165) is 27.8 Å². The third-order valence-electron chi connectivity index (χ3n) is 5.87. The molecule has 35 heavy (non-hydrogen) atoms. The third-order valence-corrected chi connectivity index (χ3v) is 5.87. The van der Waals surface area contributed by atoms with Crippen molar-refractivity contribution < 1.29 is 9.47 Å². The molecule has 0 aliphatic heterocycles. The number of benzene rings is 3. The summed E-state index contributed by atoms with van der Waals surface area (Å²) in [6.45, 7) is 0. The van der Waals surface area contributed by atoms with E-state index in [1.165, 1.54) is 0 Å². The van der Waals surface area contributed by atoms with Crippen LogP contribution in [0, 0.1) is 11.3 Å². The highest BCUT2D eigenvalue weighted by atomic mass is 16.5. The molecule has 7 nitrogen and oxygen atoms in total. The van der Waals surface area contributed by atoms with Crippen LogP contribution < -0.4 is 9.47 Å². The smallest absolute Gasteiger partial charge is 0.161 e. The highest BCUT2D eigenvalue weighted by Gasteiger charge is 2.17. The van der Waals surface area contributed by atoms with Crippen LogP contribution in [0.4, 0.5) is 0 Å². The molecule has 5 rings (SSSR count). The normalized spacial score (nSPS) is 11.4. The molecule has 0 saturated carbocycles. The van der Waals surface area contributed by atoms with Gasteiger partial charge in [0.15, 0.2) is 17.3 Å². The van der Waals surface area contributed by atoms with E-state index in [1.807, 2.05) is 101 Å². The molecule has 0 radical (unpaired) electrons. The number of hydrogen-bond donors (Lipinski definition) is 0. The van der Waals surface area contributed by atoms with Crippen molar-refractivity contribution in [3.05, 3.63) is 90.4 Å². The number of imidazole rings is 1. The fourth-order valence-electron chi connectivity index (χ4n) is 4.10. The van der Waals surface area contributed by atoms with Gasteiger partial charge in [0, 0.05) is 24.4 Å². The van der Waals surface area contributed by atoms with Crippen LogP contribution in [0.15, 0.2) is 79.0 Å². The lowest BCUT2D eigenvalue weighted by atomic mass is 10.1. The quantitative estimate of drug-likeness (QED) is 0.312. The summed E-state index contributed by atoms with van der Waals surface area (Å²) < 4.78 is 14.6. The second kappa shape index (κ2) is 9.20. The Morgan fingerprint density at radius 2 is 1.69 bits per heavy atom. The van der Waals surface area contributed by atoms with Crippen molar-refractivity contribution in [3.8, 4) is 34.5 Å². The van der Waals surface area contributed by atoms with Crippen LogP contribution >= 0.6 is 0 Å². The minimum Gasteiger partial charge on any atom is -0.493 e. The molecular formula is C28H23N5O2. The molecule has 0 fully saturated rings. The van der Waals surface area contributed by atoms with Crippen molar-refractivity contribution >= 4 is 22.7 Å². The number of methoxy groups -OCH3 is 2. The van der Waals surface area contributed by atoms with Crippen molar-refractivity contribution in [3.63, 3.8) is 0 Å². The Morgan fingerprint density at radius 3 is 2.40 bits per heavy atom. The summed E-state index contributed by atoms with van der Waals surface area (Å²) in [6.07, 6.45) is 3.75. The molecule has 2 aromatic heterocycles. The summed E-state index contributed by atoms with van der Waals surface area (Å²) in [5, 5.41) is 15.0. The van der Waals surface area contributed by atoms with Gasteiger partial charge in [-0.3, -0.25) is 0 Å². The zero-order chi connectivity index (χ0) is 24.4. The van der Waals surface area contributed by atoms with Crippen LogP contribution in [0.25, 0.3) is 39.6 Å². The van der Waals surface area contributed by atoms with Crippen molar-refractivity contribution in [1.82, 2.24) is 19.3 Å². The van der Waals surface area contributed by atoms with E-state index in [4.69, 9.17) is 19.6 Å². The molecule has 0 N–H and O–H groups in total. The highest BCUT2D eigenvalue weighted by molar-refractivity contribution is 5.93. The summed E-state index contributed by atoms with van der Waals surface area (Å²) in [5.74, 6) is 1.83. The fourth-order valence-corrected chi connectivity index (χ4v) is 4.10. The summed E-state index contributed by atoms with van der Waals surface area (Å²) >= 11 is 0. The number of aromatic nitrogens is 4. The van der Waals surface area contributed by atoms with Crippen LogP contribution in [-0.4, -0.2) is 33.6 Å². The van der Waals surface area contributed by atoms with Gasteiger partial charge in [0.05, 0.1) is 36.5 Å². The second-order valence-electron chi connectivity index (χ2n) is 7.94. The van der Waals surface area contributed by atoms with E-state index in [0.29, 0.717) is 28.6 Å². The van der Waals surface area contributed by atoms with Gasteiger partial charge in [-0.2, -0.15) is 10.4 Å². The molecular weight excluding hydrogens is 438 g/mol. The lowest BCUT2D eigenvalue weighted by molar-refractivity contribution is 0.355. The minimum absolute atomic E-state index is 0.443. The SMILES string of the molecule is COc1ccc(-c2nn(-c3ccccc3)cc2/C=C(/C#N)c2nc3ccccc3n2C)cc1OC. The van der Waals surface area contributed by atoms with Gasteiger partial charge < -0.3 is 14.0 Å². The molecule has 0 spiro atoms. The molecule has 5 aromatic rings. The molecule has 0 aliphatic rings. The zero-order valence-corrected chi connectivity index (χ0v) is 19.6. The largest absolute Gasteiger partial charge is 0.493 e. The predicted octanol–water partition coefficient (Wildman–Crippen LogP) is 5.51. The fraction of sp³-hybridized carbons (Fsp3) is 0.107. The first-order valence-electron chi connectivity index (χ1n) is 11.0. The number of nitriles is 1. The van der Waals surface area contributed by atoms with Gasteiger partial charge in [0.1, 0.15) is 11.8 Å².